The van der Waals surface area contributed by atoms with E-state index in [9.17, 15) is 9.59 Å². The van der Waals surface area contributed by atoms with Crippen molar-refractivity contribution in [3.8, 4) is 0 Å². The van der Waals surface area contributed by atoms with Crippen molar-refractivity contribution in [2.24, 2.45) is 0 Å². The molecule has 98 valence electrons. The standard InChI is InChI=1S/C13H19N3O2/c1-15-7-3-4-10(9-15)16(2)13(18)11-8-14-6-5-12(11)17/h5-6,8,10H,3-4,7,9H2,1-2H3,(H,14,17). The van der Waals surface area contributed by atoms with Crippen LogP contribution in [-0.4, -0.2) is 53.9 Å². The van der Waals surface area contributed by atoms with Gasteiger partial charge in [-0.2, -0.15) is 0 Å². The summed E-state index contributed by atoms with van der Waals surface area (Å²) in [4.78, 5) is 30.6. The van der Waals surface area contributed by atoms with Crippen molar-refractivity contribution in [2.45, 2.75) is 18.9 Å². The first-order valence-corrected chi connectivity index (χ1v) is 6.22. The number of hydrogen-bond donors (Lipinski definition) is 1. The molecule has 0 aliphatic carbocycles. The lowest BCUT2D eigenvalue weighted by Crippen LogP contribution is -2.48. The van der Waals surface area contributed by atoms with Crippen LogP contribution in [0.2, 0.25) is 0 Å². The first-order valence-electron chi connectivity index (χ1n) is 6.22. The average molecular weight is 249 g/mol. The van der Waals surface area contributed by atoms with E-state index in [0.29, 0.717) is 0 Å². The average Bonchev–Trinajstić information content (AvgIpc) is 2.37. The van der Waals surface area contributed by atoms with E-state index in [0.717, 1.165) is 25.9 Å². The van der Waals surface area contributed by atoms with Crippen LogP contribution in [0.4, 0.5) is 0 Å². The van der Waals surface area contributed by atoms with E-state index >= 15 is 0 Å². The molecule has 2 rings (SSSR count). The van der Waals surface area contributed by atoms with Gasteiger partial charge in [-0.3, -0.25) is 9.59 Å². The first-order chi connectivity index (χ1) is 8.59. The van der Waals surface area contributed by atoms with Crippen LogP contribution in [0, 0.1) is 0 Å². The number of hydrogen-bond acceptors (Lipinski definition) is 3. The summed E-state index contributed by atoms with van der Waals surface area (Å²) < 4.78 is 0. The fraction of sp³-hybridized carbons (Fsp3) is 0.538. The van der Waals surface area contributed by atoms with Gasteiger partial charge in [0, 0.05) is 38.1 Å². The van der Waals surface area contributed by atoms with Gasteiger partial charge in [-0.15, -0.1) is 0 Å². The molecule has 0 aromatic carbocycles. The third kappa shape index (κ3) is 2.61. The van der Waals surface area contributed by atoms with Crippen LogP contribution in [0.25, 0.3) is 0 Å². The third-order valence-corrected chi connectivity index (χ3v) is 3.52. The molecule has 2 heterocycles. The van der Waals surface area contributed by atoms with Gasteiger partial charge in [-0.1, -0.05) is 0 Å². The zero-order chi connectivity index (χ0) is 13.1. The molecule has 0 saturated carbocycles. The lowest BCUT2D eigenvalue weighted by atomic mass is 10.0. The van der Waals surface area contributed by atoms with E-state index in [4.69, 9.17) is 0 Å². The number of aromatic nitrogens is 1. The summed E-state index contributed by atoms with van der Waals surface area (Å²) in [5.41, 5.74) is -0.0111. The number of carbonyl (C=O) groups is 1. The summed E-state index contributed by atoms with van der Waals surface area (Å²) in [5, 5.41) is 0. The summed E-state index contributed by atoms with van der Waals surface area (Å²) in [6.07, 6.45) is 5.10. The van der Waals surface area contributed by atoms with Crippen molar-refractivity contribution < 1.29 is 4.79 Å². The molecule has 1 unspecified atom stereocenters. The summed E-state index contributed by atoms with van der Waals surface area (Å²) in [5.74, 6) is -0.197. The number of H-pyrrole nitrogens is 1. The molecule has 1 aliphatic heterocycles. The number of piperidine rings is 1. The van der Waals surface area contributed by atoms with Crippen LogP contribution >= 0.6 is 0 Å². The second-order valence-electron chi connectivity index (χ2n) is 4.90. The van der Waals surface area contributed by atoms with Crippen LogP contribution in [0.1, 0.15) is 23.2 Å². The Morgan fingerprint density at radius 3 is 3.00 bits per heavy atom. The molecule has 0 radical (unpaired) electrons. The minimum absolute atomic E-state index is 0.191. The molecule has 5 heteroatoms. The Morgan fingerprint density at radius 1 is 1.56 bits per heavy atom. The maximum Gasteiger partial charge on any atom is 0.259 e. The fourth-order valence-corrected chi connectivity index (χ4v) is 2.39. The van der Waals surface area contributed by atoms with Crippen molar-refractivity contribution in [1.29, 1.82) is 0 Å². The van der Waals surface area contributed by atoms with Crippen LogP contribution in [0.5, 0.6) is 0 Å². The summed E-state index contributed by atoms with van der Waals surface area (Å²) in [7, 11) is 3.83. The highest BCUT2D eigenvalue weighted by molar-refractivity contribution is 5.93. The Kier molecular flexibility index (Phi) is 3.81. The SMILES string of the molecule is CN1CCCC(N(C)C(=O)c2c[nH]ccc2=O)C1. The molecule has 1 fully saturated rings. The molecule has 1 N–H and O–H groups in total. The molecular formula is C13H19N3O2. The summed E-state index contributed by atoms with van der Waals surface area (Å²) >= 11 is 0. The van der Waals surface area contributed by atoms with E-state index in [1.54, 1.807) is 11.9 Å². The second kappa shape index (κ2) is 5.35. The minimum Gasteiger partial charge on any atom is -0.367 e. The molecule has 1 saturated heterocycles. The van der Waals surface area contributed by atoms with Crippen molar-refractivity contribution in [1.82, 2.24) is 14.8 Å². The Hall–Kier alpha value is -1.62. The molecule has 1 aromatic heterocycles. The Bertz CT molecular complexity index is 483. The van der Waals surface area contributed by atoms with Crippen LogP contribution in [-0.2, 0) is 0 Å². The van der Waals surface area contributed by atoms with Crippen molar-refractivity contribution in [3.63, 3.8) is 0 Å². The highest BCUT2D eigenvalue weighted by atomic mass is 16.2. The van der Waals surface area contributed by atoms with E-state index in [1.165, 1.54) is 18.5 Å². The third-order valence-electron chi connectivity index (χ3n) is 3.52. The van der Waals surface area contributed by atoms with E-state index in [2.05, 4.69) is 16.9 Å². The Morgan fingerprint density at radius 2 is 2.33 bits per heavy atom. The van der Waals surface area contributed by atoms with Crippen LogP contribution < -0.4 is 5.43 Å². The van der Waals surface area contributed by atoms with Gasteiger partial charge in [0.25, 0.3) is 5.91 Å². The lowest BCUT2D eigenvalue weighted by molar-refractivity contribution is 0.0642. The number of nitrogens with zero attached hydrogens (tertiary/aromatic N) is 2. The predicted octanol–water partition coefficient (Wildman–Crippen LogP) is 0.541. The van der Waals surface area contributed by atoms with Gasteiger partial charge in [0.2, 0.25) is 0 Å². The summed E-state index contributed by atoms with van der Waals surface area (Å²) in [6, 6.07) is 1.57. The zero-order valence-electron chi connectivity index (χ0n) is 10.8. The van der Waals surface area contributed by atoms with Gasteiger partial charge < -0.3 is 14.8 Å². The number of nitrogens with one attached hydrogen (secondary N) is 1. The number of rotatable bonds is 2. The van der Waals surface area contributed by atoms with Crippen molar-refractivity contribution in [2.75, 3.05) is 27.2 Å². The van der Waals surface area contributed by atoms with Gasteiger partial charge >= 0.3 is 0 Å². The Balaban J connectivity index is 2.14. The quantitative estimate of drug-likeness (QED) is 0.832. The monoisotopic (exact) mass is 249 g/mol. The number of likely N-dealkylation sites (tertiary alicyclic amines) is 1. The molecule has 1 atom stereocenters. The molecule has 5 nitrogen and oxygen atoms in total. The smallest absolute Gasteiger partial charge is 0.259 e. The largest absolute Gasteiger partial charge is 0.367 e. The topological polar surface area (TPSA) is 56.4 Å². The van der Waals surface area contributed by atoms with E-state index in [1.807, 2.05) is 0 Å². The van der Waals surface area contributed by atoms with Gasteiger partial charge in [0.1, 0.15) is 5.56 Å². The fourth-order valence-electron chi connectivity index (χ4n) is 2.39. The van der Waals surface area contributed by atoms with Crippen molar-refractivity contribution in [3.05, 3.63) is 34.2 Å². The lowest BCUT2D eigenvalue weighted by Gasteiger charge is -2.35. The minimum atomic E-state index is -0.227. The molecule has 1 aromatic rings. The Labute approximate surface area is 106 Å². The molecule has 1 aliphatic rings. The van der Waals surface area contributed by atoms with Gasteiger partial charge in [0.15, 0.2) is 5.43 Å². The maximum absolute atomic E-state index is 12.3. The van der Waals surface area contributed by atoms with E-state index < -0.39 is 0 Å². The number of aromatic amines is 1. The maximum atomic E-state index is 12.3. The molecular weight excluding hydrogens is 230 g/mol. The number of carbonyl (C=O) groups excluding carboxylic acids is 1. The molecule has 1 amide bonds. The number of likely N-dealkylation sites (N-methyl/N-ethyl adjacent to an activating group) is 2. The first kappa shape index (κ1) is 12.8. The number of pyridine rings is 1. The normalized spacial score (nSPS) is 20.7. The second-order valence-corrected chi connectivity index (χ2v) is 4.90. The molecule has 0 bridgehead atoms. The summed E-state index contributed by atoms with van der Waals surface area (Å²) in [6.45, 7) is 1.94. The predicted molar refractivity (Wildman–Crippen MR) is 69.7 cm³/mol. The zero-order valence-corrected chi connectivity index (χ0v) is 10.8. The van der Waals surface area contributed by atoms with Crippen molar-refractivity contribution >= 4 is 5.91 Å². The van der Waals surface area contributed by atoms with Crippen LogP contribution in [0.3, 0.4) is 0 Å². The number of amides is 1. The highest BCUT2D eigenvalue weighted by Gasteiger charge is 2.26. The van der Waals surface area contributed by atoms with Crippen LogP contribution in [0.15, 0.2) is 23.3 Å². The van der Waals surface area contributed by atoms with Gasteiger partial charge in [-0.05, 0) is 26.4 Å². The van der Waals surface area contributed by atoms with E-state index in [-0.39, 0.29) is 22.9 Å². The molecule has 0 spiro atoms. The van der Waals surface area contributed by atoms with Gasteiger partial charge in [-0.25, -0.2) is 0 Å². The molecule has 18 heavy (non-hydrogen) atoms. The highest BCUT2D eigenvalue weighted by Crippen LogP contribution is 2.14. The van der Waals surface area contributed by atoms with Gasteiger partial charge in [0.05, 0.1) is 0 Å².